The van der Waals surface area contributed by atoms with E-state index in [0.717, 1.165) is 10.2 Å². The Balaban J connectivity index is 2.07. The molecular formula is C13H10BrClN2O2. The predicted octanol–water partition coefficient (Wildman–Crippen LogP) is 3.81. The van der Waals surface area contributed by atoms with Crippen LogP contribution in [0.25, 0.3) is 0 Å². The molecule has 0 bridgehead atoms. The lowest BCUT2D eigenvalue weighted by Crippen LogP contribution is -2.06. The normalized spacial score (nSPS) is 10.2. The minimum absolute atomic E-state index is 0.0385. The van der Waals surface area contributed by atoms with Crippen molar-refractivity contribution in [2.75, 3.05) is 5.32 Å². The van der Waals surface area contributed by atoms with E-state index in [9.17, 15) is 4.79 Å². The summed E-state index contributed by atoms with van der Waals surface area (Å²) >= 11 is 9.24. The molecule has 4 nitrogen and oxygen atoms in total. The highest BCUT2D eigenvalue weighted by atomic mass is 79.9. The summed E-state index contributed by atoms with van der Waals surface area (Å²) in [6.07, 6.45) is 0. The summed E-state index contributed by atoms with van der Waals surface area (Å²) in [6.45, 7) is 0.440. The molecule has 0 saturated heterocycles. The fourth-order valence-electron chi connectivity index (χ4n) is 1.50. The summed E-state index contributed by atoms with van der Waals surface area (Å²) in [5, 5.41) is 12.6. The number of carboxylic acids is 1. The number of anilines is 1. The van der Waals surface area contributed by atoms with Gasteiger partial charge >= 0.3 is 5.97 Å². The summed E-state index contributed by atoms with van der Waals surface area (Å²) in [5.41, 5.74) is 1.57. The van der Waals surface area contributed by atoms with E-state index in [0.29, 0.717) is 17.3 Å². The number of carbonyl (C=O) groups is 1. The molecule has 0 aliphatic rings. The van der Waals surface area contributed by atoms with Gasteiger partial charge < -0.3 is 10.4 Å². The topological polar surface area (TPSA) is 62.2 Å². The van der Waals surface area contributed by atoms with Crippen LogP contribution in [0.2, 0.25) is 5.02 Å². The van der Waals surface area contributed by atoms with Crippen LogP contribution in [-0.4, -0.2) is 16.1 Å². The smallest absolute Gasteiger partial charge is 0.354 e. The van der Waals surface area contributed by atoms with E-state index in [4.69, 9.17) is 16.7 Å². The number of rotatable bonds is 4. The maximum absolute atomic E-state index is 10.8. The van der Waals surface area contributed by atoms with Gasteiger partial charge in [0, 0.05) is 10.2 Å². The summed E-state index contributed by atoms with van der Waals surface area (Å²) in [7, 11) is 0. The predicted molar refractivity (Wildman–Crippen MR) is 77.7 cm³/mol. The third-order valence-electron chi connectivity index (χ3n) is 2.42. The van der Waals surface area contributed by atoms with Crippen molar-refractivity contribution in [1.82, 2.24) is 4.98 Å². The fourth-order valence-corrected chi connectivity index (χ4v) is 1.99. The number of benzene rings is 1. The number of hydrogen-bond donors (Lipinski definition) is 2. The zero-order valence-corrected chi connectivity index (χ0v) is 12.1. The lowest BCUT2D eigenvalue weighted by Gasteiger charge is -2.07. The molecule has 98 valence electrons. The highest BCUT2D eigenvalue weighted by molar-refractivity contribution is 9.10. The number of hydrogen-bond acceptors (Lipinski definition) is 3. The van der Waals surface area contributed by atoms with E-state index in [1.165, 1.54) is 6.07 Å². The molecule has 0 fully saturated rings. The molecule has 0 atom stereocenters. The summed E-state index contributed by atoms with van der Waals surface area (Å²) < 4.78 is 0.798. The molecule has 0 spiro atoms. The first kappa shape index (κ1) is 13.8. The second-order valence-electron chi connectivity index (χ2n) is 3.80. The third-order valence-corrected chi connectivity index (χ3v) is 3.63. The van der Waals surface area contributed by atoms with E-state index in [-0.39, 0.29) is 5.69 Å². The Labute approximate surface area is 123 Å². The molecule has 1 aromatic heterocycles. The summed E-state index contributed by atoms with van der Waals surface area (Å²) in [4.78, 5) is 14.8. The van der Waals surface area contributed by atoms with Crippen molar-refractivity contribution in [3.63, 3.8) is 0 Å². The number of aromatic carboxylic acids is 1. The van der Waals surface area contributed by atoms with E-state index < -0.39 is 5.97 Å². The van der Waals surface area contributed by atoms with Crippen LogP contribution in [0.5, 0.6) is 0 Å². The average Bonchev–Trinajstić information content (AvgIpc) is 2.40. The van der Waals surface area contributed by atoms with Crippen LogP contribution in [0.1, 0.15) is 16.2 Å². The molecule has 1 aromatic carbocycles. The third kappa shape index (κ3) is 3.68. The van der Waals surface area contributed by atoms with Crippen LogP contribution in [0.15, 0.2) is 40.9 Å². The molecule has 0 amide bonds. The monoisotopic (exact) mass is 340 g/mol. The standard InChI is InChI=1S/C13H10BrClN2O2/c14-10-6-8(4-5-11(10)15)16-7-9-2-1-3-12(17-9)13(18)19/h1-6,16H,7H2,(H,18,19). The first-order valence-corrected chi connectivity index (χ1v) is 6.61. The van der Waals surface area contributed by atoms with Gasteiger partial charge in [-0.3, -0.25) is 0 Å². The molecule has 6 heteroatoms. The van der Waals surface area contributed by atoms with Gasteiger partial charge in [-0.05, 0) is 46.3 Å². The Kier molecular flexibility index (Phi) is 4.39. The van der Waals surface area contributed by atoms with E-state index in [1.54, 1.807) is 18.2 Å². The van der Waals surface area contributed by atoms with Gasteiger partial charge in [0.1, 0.15) is 5.69 Å². The second kappa shape index (κ2) is 6.04. The van der Waals surface area contributed by atoms with Crippen LogP contribution < -0.4 is 5.32 Å². The highest BCUT2D eigenvalue weighted by Gasteiger charge is 2.05. The first-order valence-electron chi connectivity index (χ1n) is 5.44. The molecule has 2 rings (SSSR count). The average molecular weight is 342 g/mol. The van der Waals surface area contributed by atoms with Crippen LogP contribution in [0.4, 0.5) is 5.69 Å². The minimum atomic E-state index is -1.03. The molecule has 0 unspecified atom stereocenters. The van der Waals surface area contributed by atoms with Crippen molar-refractivity contribution >= 4 is 39.2 Å². The minimum Gasteiger partial charge on any atom is -0.477 e. The number of nitrogens with zero attached hydrogens (tertiary/aromatic N) is 1. The first-order chi connectivity index (χ1) is 9.06. The molecule has 0 radical (unpaired) electrons. The van der Waals surface area contributed by atoms with E-state index in [2.05, 4.69) is 26.2 Å². The number of nitrogens with one attached hydrogen (secondary N) is 1. The SMILES string of the molecule is O=C(O)c1cccc(CNc2ccc(Cl)c(Br)c2)n1. The van der Waals surface area contributed by atoms with Crippen molar-refractivity contribution in [1.29, 1.82) is 0 Å². The van der Waals surface area contributed by atoms with Crippen LogP contribution in [0.3, 0.4) is 0 Å². The number of halogens is 2. The van der Waals surface area contributed by atoms with Gasteiger partial charge in [0.25, 0.3) is 0 Å². The molecule has 1 heterocycles. The van der Waals surface area contributed by atoms with E-state index >= 15 is 0 Å². The maximum Gasteiger partial charge on any atom is 0.354 e. The van der Waals surface area contributed by atoms with Gasteiger partial charge in [-0.25, -0.2) is 9.78 Å². The van der Waals surface area contributed by atoms with Crippen LogP contribution >= 0.6 is 27.5 Å². The van der Waals surface area contributed by atoms with Crippen molar-refractivity contribution in [3.8, 4) is 0 Å². The van der Waals surface area contributed by atoms with Gasteiger partial charge in [0.15, 0.2) is 0 Å². The number of carboxylic acid groups (broad SMARTS) is 1. The molecule has 2 N–H and O–H groups in total. The van der Waals surface area contributed by atoms with Crippen LogP contribution in [0, 0.1) is 0 Å². The van der Waals surface area contributed by atoms with Crippen molar-refractivity contribution < 1.29 is 9.90 Å². The molecule has 0 aliphatic heterocycles. The Hall–Kier alpha value is -1.59. The van der Waals surface area contributed by atoms with Crippen LogP contribution in [-0.2, 0) is 6.54 Å². The highest BCUT2D eigenvalue weighted by Crippen LogP contribution is 2.25. The quantitative estimate of drug-likeness (QED) is 0.888. The molecule has 0 saturated carbocycles. The van der Waals surface area contributed by atoms with Crippen molar-refractivity contribution in [2.45, 2.75) is 6.54 Å². The molecule has 0 aliphatic carbocycles. The van der Waals surface area contributed by atoms with Gasteiger partial charge in [-0.1, -0.05) is 17.7 Å². The largest absolute Gasteiger partial charge is 0.477 e. The maximum atomic E-state index is 10.8. The van der Waals surface area contributed by atoms with Gasteiger partial charge in [0.05, 0.1) is 17.3 Å². The Bertz CT molecular complexity index is 619. The lowest BCUT2D eigenvalue weighted by atomic mass is 10.2. The Morgan fingerprint density at radius 2 is 2.16 bits per heavy atom. The lowest BCUT2D eigenvalue weighted by molar-refractivity contribution is 0.0690. The second-order valence-corrected chi connectivity index (χ2v) is 5.06. The zero-order valence-electron chi connectivity index (χ0n) is 9.73. The van der Waals surface area contributed by atoms with Crippen molar-refractivity contribution in [3.05, 3.63) is 57.3 Å². The number of aromatic nitrogens is 1. The van der Waals surface area contributed by atoms with Gasteiger partial charge in [0.2, 0.25) is 0 Å². The Morgan fingerprint density at radius 1 is 1.37 bits per heavy atom. The van der Waals surface area contributed by atoms with Gasteiger partial charge in [-0.2, -0.15) is 0 Å². The fraction of sp³-hybridized carbons (Fsp3) is 0.0769. The summed E-state index contributed by atoms with van der Waals surface area (Å²) in [6, 6.07) is 10.4. The molecule has 2 aromatic rings. The van der Waals surface area contributed by atoms with Crippen molar-refractivity contribution in [2.24, 2.45) is 0 Å². The molecule has 19 heavy (non-hydrogen) atoms. The molecular weight excluding hydrogens is 332 g/mol. The summed E-state index contributed by atoms with van der Waals surface area (Å²) in [5.74, 6) is -1.03. The van der Waals surface area contributed by atoms with E-state index in [1.807, 2.05) is 12.1 Å². The zero-order chi connectivity index (χ0) is 13.8. The van der Waals surface area contributed by atoms with Gasteiger partial charge in [-0.15, -0.1) is 0 Å². The Morgan fingerprint density at radius 3 is 2.84 bits per heavy atom. The number of pyridine rings is 1.